The van der Waals surface area contributed by atoms with Gasteiger partial charge in [-0.15, -0.1) is 0 Å². The molecule has 1 aromatic heterocycles. The van der Waals surface area contributed by atoms with Gasteiger partial charge in [0.25, 0.3) is 0 Å². The Bertz CT molecular complexity index is 1120. The number of carbonyl (C=O) groups excluding carboxylic acids is 1. The highest BCUT2D eigenvalue weighted by Crippen LogP contribution is 2.28. The van der Waals surface area contributed by atoms with E-state index >= 15 is 0 Å². The topological polar surface area (TPSA) is 101 Å². The van der Waals surface area contributed by atoms with E-state index in [1.54, 1.807) is 6.20 Å². The van der Waals surface area contributed by atoms with Gasteiger partial charge < -0.3 is 15.2 Å². The number of aliphatic imine (C=N–C) groups is 1. The van der Waals surface area contributed by atoms with Gasteiger partial charge in [0, 0.05) is 36.5 Å². The van der Waals surface area contributed by atoms with Crippen LogP contribution >= 0.6 is 0 Å². The Morgan fingerprint density at radius 2 is 1.82 bits per heavy atom. The monoisotopic (exact) mass is 531 g/mol. The summed E-state index contributed by atoms with van der Waals surface area (Å²) in [5.41, 5.74) is 3.94. The largest absolute Gasteiger partial charge is 0.481 e. The molecule has 2 aliphatic rings. The van der Waals surface area contributed by atoms with Crippen molar-refractivity contribution in [3.05, 3.63) is 71.6 Å². The number of aliphatic carboxylic acids is 1. The molecular weight excluding hydrogens is 490 g/mol. The van der Waals surface area contributed by atoms with Crippen LogP contribution in [-0.2, 0) is 14.3 Å². The standard InChI is InChI=1S/C32H41N3O4/c36-30(37)15-6-2-5-14-28(27-13-9-20-33-22-27)25-16-18-26(19-17-25)32-35-29(23-39-32)31(38)34-21-8-7-12-24-10-3-1-4-11-24/h9,13-14,16-20,22,24,29H,1-8,10-12,15,21,23H2,(H,34,38)(H,36,37)/b28-14-/t29-/m0/s1. The maximum Gasteiger partial charge on any atom is 0.303 e. The van der Waals surface area contributed by atoms with Crippen LogP contribution in [0.1, 0.15) is 93.7 Å². The van der Waals surface area contributed by atoms with Crippen LogP contribution in [0.3, 0.4) is 0 Å². The minimum atomic E-state index is -0.760. The number of nitrogens with one attached hydrogen (secondary N) is 1. The molecule has 1 saturated carbocycles. The number of amides is 1. The van der Waals surface area contributed by atoms with Gasteiger partial charge in [0.05, 0.1) is 0 Å². The number of carboxylic acid groups (broad SMARTS) is 1. The molecule has 0 saturated heterocycles. The van der Waals surface area contributed by atoms with E-state index < -0.39 is 12.0 Å². The minimum absolute atomic E-state index is 0.0658. The zero-order valence-electron chi connectivity index (χ0n) is 22.8. The second-order valence-corrected chi connectivity index (χ2v) is 10.6. The number of allylic oxidation sites excluding steroid dienone is 1. The number of ether oxygens (including phenoxy) is 1. The molecule has 2 aromatic rings. The van der Waals surface area contributed by atoms with Crippen molar-refractivity contribution in [3.63, 3.8) is 0 Å². The second-order valence-electron chi connectivity index (χ2n) is 10.6. The number of carbonyl (C=O) groups is 2. The first-order chi connectivity index (χ1) is 19.1. The molecule has 1 fully saturated rings. The molecule has 7 nitrogen and oxygen atoms in total. The van der Waals surface area contributed by atoms with E-state index in [9.17, 15) is 9.59 Å². The molecule has 2 heterocycles. The van der Waals surface area contributed by atoms with E-state index in [0.29, 0.717) is 18.9 Å². The van der Waals surface area contributed by atoms with E-state index in [-0.39, 0.29) is 18.9 Å². The molecule has 1 aliphatic carbocycles. The summed E-state index contributed by atoms with van der Waals surface area (Å²) in [4.78, 5) is 32.2. The average Bonchev–Trinajstić information content (AvgIpc) is 3.46. The summed E-state index contributed by atoms with van der Waals surface area (Å²) >= 11 is 0. The fourth-order valence-electron chi connectivity index (χ4n) is 5.41. The van der Waals surface area contributed by atoms with E-state index in [1.807, 2.05) is 42.6 Å². The number of unbranched alkanes of at least 4 members (excludes halogenated alkanes) is 3. The molecule has 1 aromatic carbocycles. The molecule has 1 amide bonds. The van der Waals surface area contributed by atoms with Crippen LogP contribution in [0.25, 0.3) is 5.57 Å². The van der Waals surface area contributed by atoms with Crippen LogP contribution in [0.2, 0.25) is 0 Å². The zero-order chi connectivity index (χ0) is 27.3. The quantitative estimate of drug-likeness (QED) is 0.284. The van der Waals surface area contributed by atoms with Gasteiger partial charge in [0.15, 0.2) is 6.04 Å². The molecule has 2 N–H and O–H groups in total. The summed E-state index contributed by atoms with van der Waals surface area (Å²) in [7, 11) is 0. The molecule has 1 aliphatic heterocycles. The van der Waals surface area contributed by atoms with Crippen molar-refractivity contribution in [2.45, 2.75) is 83.1 Å². The van der Waals surface area contributed by atoms with E-state index in [1.165, 1.54) is 44.9 Å². The number of carboxylic acids is 1. The fourth-order valence-corrected chi connectivity index (χ4v) is 5.41. The first kappa shape index (κ1) is 28.5. The Balaban J connectivity index is 1.30. The Morgan fingerprint density at radius 1 is 1.00 bits per heavy atom. The molecule has 4 rings (SSSR count). The smallest absolute Gasteiger partial charge is 0.303 e. The highest BCUT2D eigenvalue weighted by molar-refractivity contribution is 5.98. The van der Waals surface area contributed by atoms with Crippen molar-refractivity contribution in [1.29, 1.82) is 0 Å². The number of hydrogen-bond acceptors (Lipinski definition) is 5. The fraction of sp³-hybridized carbons (Fsp3) is 0.500. The average molecular weight is 532 g/mol. The molecule has 7 heteroatoms. The van der Waals surface area contributed by atoms with Gasteiger partial charge in [-0.3, -0.25) is 14.6 Å². The van der Waals surface area contributed by atoms with Gasteiger partial charge >= 0.3 is 5.97 Å². The lowest BCUT2D eigenvalue weighted by Crippen LogP contribution is -2.34. The molecular formula is C32H41N3O4. The van der Waals surface area contributed by atoms with Crippen molar-refractivity contribution in [3.8, 4) is 0 Å². The summed E-state index contributed by atoms with van der Waals surface area (Å²) in [5, 5.41) is 11.9. The normalized spacial score (nSPS) is 17.9. The molecule has 0 unspecified atom stereocenters. The molecule has 39 heavy (non-hydrogen) atoms. The SMILES string of the molecule is O=C(O)CCCC/C=C(/c1ccc(C2=N[C@H](C(=O)NCCCCC3CCCCC3)CO2)cc1)c1cccnc1. The first-order valence-electron chi connectivity index (χ1n) is 14.5. The van der Waals surface area contributed by atoms with Crippen LogP contribution in [-0.4, -0.2) is 47.1 Å². The van der Waals surface area contributed by atoms with Gasteiger partial charge in [0.1, 0.15) is 6.61 Å². The highest BCUT2D eigenvalue weighted by Gasteiger charge is 2.26. The summed E-state index contributed by atoms with van der Waals surface area (Å²) < 4.78 is 5.79. The van der Waals surface area contributed by atoms with Gasteiger partial charge in [-0.2, -0.15) is 0 Å². The lowest BCUT2D eigenvalue weighted by Gasteiger charge is -2.21. The number of pyridine rings is 1. The van der Waals surface area contributed by atoms with E-state index in [4.69, 9.17) is 9.84 Å². The van der Waals surface area contributed by atoms with Crippen LogP contribution in [0.5, 0.6) is 0 Å². The number of hydrogen-bond donors (Lipinski definition) is 2. The minimum Gasteiger partial charge on any atom is -0.481 e. The molecule has 208 valence electrons. The molecule has 0 bridgehead atoms. The first-order valence-corrected chi connectivity index (χ1v) is 14.5. The zero-order valence-corrected chi connectivity index (χ0v) is 22.8. The van der Waals surface area contributed by atoms with Crippen molar-refractivity contribution in [2.24, 2.45) is 10.9 Å². The lowest BCUT2D eigenvalue weighted by atomic mass is 9.86. The Morgan fingerprint density at radius 3 is 2.56 bits per heavy atom. The van der Waals surface area contributed by atoms with Gasteiger partial charge in [-0.1, -0.05) is 69.2 Å². The maximum atomic E-state index is 12.6. The second kappa shape index (κ2) is 15.2. The van der Waals surface area contributed by atoms with E-state index in [2.05, 4.69) is 21.4 Å². The number of rotatable bonds is 14. The van der Waals surface area contributed by atoms with Crippen molar-refractivity contribution < 1.29 is 19.4 Å². The van der Waals surface area contributed by atoms with Gasteiger partial charge in [-0.05, 0) is 60.9 Å². The predicted molar refractivity (Wildman–Crippen MR) is 154 cm³/mol. The Labute approximate surface area is 231 Å². The molecule has 0 spiro atoms. The summed E-state index contributed by atoms with van der Waals surface area (Å²) in [6, 6.07) is 11.4. The van der Waals surface area contributed by atoms with Crippen molar-refractivity contribution in [2.75, 3.05) is 13.2 Å². The number of benzene rings is 1. The van der Waals surface area contributed by atoms with Crippen LogP contribution < -0.4 is 5.32 Å². The molecule has 0 radical (unpaired) electrons. The lowest BCUT2D eigenvalue weighted by molar-refractivity contribution is -0.137. The van der Waals surface area contributed by atoms with Crippen molar-refractivity contribution in [1.82, 2.24) is 10.3 Å². The molecule has 1 atom stereocenters. The maximum absolute atomic E-state index is 12.6. The van der Waals surface area contributed by atoms with E-state index in [0.717, 1.165) is 47.4 Å². The van der Waals surface area contributed by atoms with Crippen LogP contribution in [0, 0.1) is 5.92 Å². The van der Waals surface area contributed by atoms with Crippen LogP contribution in [0.4, 0.5) is 0 Å². The number of nitrogens with zero attached hydrogens (tertiary/aromatic N) is 2. The third-order valence-corrected chi connectivity index (χ3v) is 7.63. The summed E-state index contributed by atoms with van der Waals surface area (Å²) in [6.07, 6.45) is 18.5. The third kappa shape index (κ3) is 9.05. The Hall–Kier alpha value is -3.48. The van der Waals surface area contributed by atoms with Gasteiger partial charge in [0.2, 0.25) is 11.8 Å². The van der Waals surface area contributed by atoms with Crippen LogP contribution in [0.15, 0.2) is 59.9 Å². The Kier molecular flexibility index (Phi) is 11.1. The summed E-state index contributed by atoms with van der Waals surface area (Å²) in [6.45, 7) is 0.962. The predicted octanol–water partition coefficient (Wildman–Crippen LogP) is 6.17. The van der Waals surface area contributed by atoms with Crippen molar-refractivity contribution >= 4 is 23.3 Å². The summed E-state index contributed by atoms with van der Waals surface area (Å²) in [5.74, 6) is 0.559. The van der Waals surface area contributed by atoms with Gasteiger partial charge in [-0.25, -0.2) is 4.99 Å². The highest BCUT2D eigenvalue weighted by atomic mass is 16.5. The third-order valence-electron chi connectivity index (χ3n) is 7.63. The number of aromatic nitrogens is 1.